The van der Waals surface area contributed by atoms with Crippen molar-refractivity contribution in [2.24, 2.45) is 0 Å². The number of carbonyl (C=O) groups is 1. The van der Waals surface area contributed by atoms with Crippen molar-refractivity contribution in [2.75, 3.05) is 0 Å². The molecule has 0 N–H and O–H groups in total. The highest BCUT2D eigenvalue weighted by Gasteiger charge is 2.19. The predicted molar refractivity (Wildman–Crippen MR) is 131 cm³/mol. The van der Waals surface area contributed by atoms with Crippen LogP contribution in [0.25, 0.3) is 17.3 Å². The summed E-state index contributed by atoms with van der Waals surface area (Å²) in [5.74, 6) is -0.397. The molecule has 4 aromatic rings. The Morgan fingerprint density at radius 2 is 1.75 bits per heavy atom. The number of thiazole rings is 1. The fourth-order valence-corrected chi connectivity index (χ4v) is 5.50. The van der Waals surface area contributed by atoms with Crippen LogP contribution in [0.5, 0.6) is 0 Å². The van der Waals surface area contributed by atoms with Crippen molar-refractivity contribution in [1.82, 2.24) is 4.57 Å². The molecule has 0 atom stereocenters. The van der Waals surface area contributed by atoms with E-state index in [4.69, 9.17) is 0 Å². The smallest absolute Gasteiger partial charge is 0.273 e. The Morgan fingerprint density at radius 1 is 1.00 bits per heavy atom. The van der Waals surface area contributed by atoms with E-state index in [0.717, 1.165) is 20.9 Å². The third-order valence-electron chi connectivity index (χ3n) is 5.04. The number of benzene rings is 2. The van der Waals surface area contributed by atoms with Crippen LogP contribution in [0.15, 0.2) is 65.5 Å². The second-order valence-electron chi connectivity index (χ2n) is 7.48. The standard InChI is InChI=1S/C26H20N2O2S2/c1-16-9-12-22(17(2)13-16)28-25(30)23(14-20-11-10-18(3)31-20)32-26(28)21(15-27)24(29)19-7-5-4-6-8-19/h4-14H,1-3H3/b23-14+,26-21-. The molecule has 4 rings (SSSR count). The third kappa shape index (κ3) is 4.13. The van der Waals surface area contributed by atoms with Crippen molar-refractivity contribution in [3.63, 3.8) is 0 Å². The molecule has 0 spiro atoms. The van der Waals surface area contributed by atoms with Gasteiger partial charge in [-0.25, -0.2) is 0 Å². The van der Waals surface area contributed by atoms with Gasteiger partial charge >= 0.3 is 0 Å². The van der Waals surface area contributed by atoms with E-state index in [1.165, 1.54) is 15.9 Å². The SMILES string of the molecule is Cc1ccc(-n2c(=O)/c(=C\c3ccc(C)s3)s/c2=C(/C#N)C(=O)c2ccccc2)c(C)c1. The van der Waals surface area contributed by atoms with Crippen LogP contribution in [0, 0.1) is 32.1 Å². The van der Waals surface area contributed by atoms with Gasteiger partial charge < -0.3 is 0 Å². The molecule has 158 valence electrons. The molecule has 0 fully saturated rings. The Morgan fingerprint density at radius 3 is 2.38 bits per heavy atom. The molecule has 0 aliphatic carbocycles. The molecular formula is C26H20N2O2S2. The molecule has 0 aliphatic heterocycles. The first-order valence-electron chi connectivity index (χ1n) is 10.0. The summed E-state index contributed by atoms with van der Waals surface area (Å²) >= 11 is 2.76. The lowest BCUT2D eigenvalue weighted by Gasteiger charge is -2.08. The van der Waals surface area contributed by atoms with Crippen molar-refractivity contribution >= 4 is 40.1 Å². The average molecular weight is 457 g/mol. The zero-order valence-electron chi connectivity index (χ0n) is 17.9. The van der Waals surface area contributed by atoms with E-state index in [2.05, 4.69) is 6.07 Å². The van der Waals surface area contributed by atoms with Crippen LogP contribution >= 0.6 is 22.7 Å². The van der Waals surface area contributed by atoms with Gasteiger partial charge in [0.15, 0.2) is 0 Å². The molecule has 2 aromatic heterocycles. The van der Waals surface area contributed by atoms with E-state index in [0.29, 0.717) is 20.4 Å². The van der Waals surface area contributed by atoms with Crippen molar-refractivity contribution in [3.05, 3.63) is 107 Å². The van der Waals surface area contributed by atoms with Crippen molar-refractivity contribution in [3.8, 4) is 11.8 Å². The molecule has 2 aromatic carbocycles. The second kappa shape index (κ2) is 8.91. The zero-order valence-corrected chi connectivity index (χ0v) is 19.5. The van der Waals surface area contributed by atoms with Crippen molar-refractivity contribution in [2.45, 2.75) is 20.8 Å². The fraction of sp³-hybridized carbons (Fsp3) is 0.115. The number of aryl methyl sites for hydroxylation is 3. The number of Topliss-reactive ketones (excluding diaryl/α,β-unsaturated/α-hetero) is 1. The summed E-state index contributed by atoms with van der Waals surface area (Å²) < 4.78 is 2.33. The van der Waals surface area contributed by atoms with Crippen LogP contribution in [0.4, 0.5) is 0 Å². The van der Waals surface area contributed by atoms with Crippen molar-refractivity contribution in [1.29, 1.82) is 5.26 Å². The van der Waals surface area contributed by atoms with E-state index in [9.17, 15) is 14.9 Å². The maximum Gasteiger partial charge on any atom is 0.273 e. The van der Waals surface area contributed by atoms with Crippen LogP contribution < -0.4 is 14.8 Å². The highest BCUT2D eigenvalue weighted by molar-refractivity contribution is 7.13. The minimum Gasteiger partial charge on any atom is -0.288 e. The maximum atomic E-state index is 13.5. The van der Waals surface area contributed by atoms with E-state index < -0.39 is 5.78 Å². The van der Waals surface area contributed by atoms with Gasteiger partial charge in [-0.05, 0) is 50.6 Å². The molecule has 6 heteroatoms. The quantitative estimate of drug-likeness (QED) is 0.431. The lowest BCUT2D eigenvalue weighted by atomic mass is 10.1. The van der Waals surface area contributed by atoms with Crippen LogP contribution in [0.3, 0.4) is 0 Å². The highest BCUT2D eigenvalue weighted by atomic mass is 32.1. The number of nitriles is 1. The summed E-state index contributed by atoms with van der Waals surface area (Å²) in [7, 11) is 0. The Balaban J connectivity index is 2.09. The molecule has 2 heterocycles. The first-order valence-corrected chi connectivity index (χ1v) is 11.6. The van der Waals surface area contributed by atoms with E-state index in [1.807, 2.05) is 63.2 Å². The molecule has 0 aliphatic rings. The highest BCUT2D eigenvalue weighted by Crippen LogP contribution is 2.17. The van der Waals surface area contributed by atoms with Crippen molar-refractivity contribution < 1.29 is 4.79 Å². The predicted octanol–water partition coefficient (Wildman–Crippen LogP) is 4.27. The van der Waals surface area contributed by atoms with E-state index in [1.54, 1.807) is 35.6 Å². The van der Waals surface area contributed by atoms with Crippen LogP contribution in [0.2, 0.25) is 0 Å². The van der Waals surface area contributed by atoms with Gasteiger partial charge in [0, 0.05) is 15.3 Å². The lowest BCUT2D eigenvalue weighted by Crippen LogP contribution is -2.32. The normalized spacial score (nSPS) is 12.5. The number of ketones is 1. The summed E-state index contributed by atoms with van der Waals surface area (Å²) in [6.07, 6.45) is 1.83. The molecule has 0 radical (unpaired) electrons. The minimum absolute atomic E-state index is 0.0414. The largest absolute Gasteiger partial charge is 0.288 e. The van der Waals surface area contributed by atoms with Gasteiger partial charge in [0.2, 0.25) is 5.78 Å². The maximum absolute atomic E-state index is 13.5. The monoisotopic (exact) mass is 456 g/mol. The Labute approximate surface area is 193 Å². The van der Waals surface area contributed by atoms with Gasteiger partial charge in [-0.1, -0.05) is 48.0 Å². The van der Waals surface area contributed by atoms with Crippen LogP contribution in [-0.4, -0.2) is 10.4 Å². The topological polar surface area (TPSA) is 62.9 Å². The summed E-state index contributed by atoms with van der Waals surface area (Å²) in [6, 6.07) is 20.5. The van der Waals surface area contributed by atoms with E-state index in [-0.39, 0.29) is 11.1 Å². The Hall–Kier alpha value is -3.53. The molecule has 32 heavy (non-hydrogen) atoms. The fourth-order valence-electron chi connectivity index (χ4n) is 3.51. The van der Waals surface area contributed by atoms with Crippen LogP contribution in [-0.2, 0) is 0 Å². The number of thiophene rings is 1. The zero-order chi connectivity index (χ0) is 22.8. The van der Waals surface area contributed by atoms with E-state index >= 15 is 0 Å². The molecule has 4 nitrogen and oxygen atoms in total. The van der Waals surface area contributed by atoms with Gasteiger partial charge in [0.05, 0.1) is 10.2 Å². The Bertz CT molecular complexity index is 1550. The lowest BCUT2D eigenvalue weighted by molar-refractivity contribution is 0.105. The molecule has 0 bridgehead atoms. The van der Waals surface area contributed by atoms with Gasteiger partial charge in [-0.3, -0.25) is 14.2 Å². The number of carbonyl (C=O) groups excluding carboxylic acids is 1. The second-order valence-corrected chi connectivity index (χ2v) is 9.83. The number of rotatable bonds is 4. The van der Waals surface area contributed by atoms with Gasteiger partial charge in [0.25, 0.3) is 5.56 Å². The summed E-state index contributed by atoms with van der Waals surface area (Å²) in [5.41, 5.74) is 2.77. The number of aromatic nitrogens is 1. The van der Waals surface area contributed by atoms with Crippen LogP contribution in [0.1, 0.15) is 31.2 Å². The first-order chi connectivity index (χ1) is 15.4. The summed E-state index contributed by atoms with van der Waals surface area (Å²) in [6.45, 7) is 5.92. The van der Waals surface area contributed by atoms with Gasteiger partial charge in [-0.15, -0.1) is 22.7 Å². The number of hydrogen-bond acceptors (Lipinski definition) is 5. The van der Waals surface area contributed by atoms with Gasteiger partial charge in [0.1, 0.15) is 16.3 Å². The molecular weight excluding hydrogens is 436 g/mol. The average Bonchev–Trinajstić information content (AvgIpc) is 3.33. The molecule has 0 saturated heterocycles. The first kappa shape index (κ1) is 21.7. The molecule has 0 unspecified atom stereocenters. The number of hydrogen-bond donors (Lipinski definition) is 0. The van der Waals surface area contributed by atoms with Gasteiger partial charge in [-0.2, -0.15) is 5.26 Å². The Kier molecular flexibility index (Phi) is 6.04. The molecule has 0 amide bonds. The minimum atomic E-state index is -0.397. The number of nitrogens with zero attached hydrogens (tertiary/aromatic N) is 2. The third-order valence-corrected chi connectivity index (χ3v) is 7.08. The summed E-state index contributed by atoms with van der Waals surface area (Å²) in [4.78, 5) is 28.8. The summed E-state index contributed by atoms with van der Waals surface area (Å²) in [5, 5.41) is 9.96. The molecule has 0 saturated carbocycles.